The molecule has 2 aromatic rings. The lowest BCUT2D eigenvalue weighted by Gasteiger charge is -2.13. The average Bonchev–Trinajstić information content (AvgIpc) is 2.59. The predicted octanol–water partition coefficient (Wildman–Crippen LogP) is 4.22. The Hall–Kier alpha value is -2.55. The van der Waals surface area contributed by atoms with E-state index in [2.05, 4.69) is 25.7 Å². The molecule has 0 aliphatic rings. The predicted molar refractivity (Wildman–Crippen MR) is 98.9 cm³/mol. The van der Waals surface area contributed by atoms with E-state index in [0.29, 0.717) is 25.5 Å². The van der Waals surface area contributed by atoms with Crippen LogP contribution >= 0.6 is 0 Å². The van der Waals surface area contributed by atoms with Crippen molar-refractivity contribution in [3.05, 3.63) is 71.8 Å². The molecule has 0 heterocycles. The number of ether oxygens (including phenoxy) is 1. The van der Waals surface area contributed by atoms with E-state index < -0.39 is 0 Å². The number of carbonyl (C=O) groups is 1. The summed E-state index contributed by atoms with van der Waals surface area (Å²) < 4.78 is 5.93. The summed E-state index contributed by atoms with van der Waals surface area (Å²) in [5.41, 5.74) is 2.96. The molecule has 3 heteroatoms. The Balaban J connectivity index is 2.09. The van der Waals surface area contributed by atoms with Gasteiger partial charge < -0.3 is 10.1 Å². The Labute approximate surface area is 144 Å². The van der Waals surface area contributed by atoms with Crippen molar-refractivity contribution in [1.29, 1.82) is 0 Å². The molecule has 2 rings (SSSR count). The topological polar surface area (TPSA) is 38.3 Å². The van der Waals surface area contributed by atoms with Gasteiger partial charge in [-0.15, -0.1) is 0 Å². The maximum absolute atomic E-state index is 12.2. The summed E-state index contributed by atoms with van der Waals surface area (Å²) in [7, 11) is 0. The molecule has 0 atom stereocenters. The largest absolute Gasteiger partial charge is 0.489 e. The van der Waals surface area contributed by atoms with Crippen LogP contribution in [-0.2, 0) is 17.8 Å². The minimum atomic E-state index is 0.00877. The van der Waals surface area contributed by atoms with Gasteiger partial charge in [0.1, 0.15) is 12.4 Å². The van der Waals surface area contributed by atoms with Crippen LogP contribution in [0.2, 0.25) is 0 Å². The molecule has 0 aliphatic carbocycles. The van der Waals surface area contributed by atoms with E-state index in [0.717, 1.165) is 22.4 Å². The van der Waals surface area contributed by atoms with E-state index in [9.17, 15) is 4.79 Å². The summed E-state index contributed by atoms with van der Waals surface area (Å²) in [5, 5.41) is 2.95. The van der Waals surface area contributed by atoms with E-state index in [1.165, 1.54) is 0 Å². The van der Waals surface area contributed by atoms with Gasteiger partial charge in [-0.05, 0) is 29.2 Å². The van der Waals surface area contributed by atoms with E-state index in [1.54, 1.807) is 6.08 Å². The summed E-state index contributed by atoms with van der Waals surface area (Å²) in [6, 6.07) is 15.8. The van der Waals surface area contributed by atoms with Crippen LogP contribution in [-0.4, -0.2) is 12.5 Å². The summed E-state index contributed by atoms with van der Waals surface area (Å²) in [6.45, 7) is 9.11. The van der Waals surface area contributed by atoms with E-state index in [-0.39, 0.29) is 5.91 Å². The van der Waals surface area contributed by atoms with Crippen molar-refractivity contribution in [3.8, 4) is 5.75 Å². The highest BCUT2D eigenvalue weighted by atomic mass is 16.5. The van der Waals surface area contributed by atoms with Crippen molar-refractivity contribution in [2.75, 3.05) is 6.54 Å². The van der Waals surface area contributed by atoms with E-state index in [1.807, 2.05) is 48.5 Å². The fraction of sp³-hybridized carbons (Fsp3) is 0.286. The Bertz CT molecular complexity index is 677. The van der Waals surface area contributed by atoms with Crippen LogP contribution < -0.4 is 10.1 Å². The molecular formula is C21H25NO2. The number of hydrogen-bond acceptors (Lipinski definition) is 2. The lowest BCUT2D eigenvalue weighted by molar-refractivity contribution is -0.120. The van der Waals surface area contributed by atoms with Crippen molar-refractivity contribution in [1.82, 2.24) is 5.32 Å². The average molecular weight is 323 g/mol. The standard InChI is InChI=1S/C21H25NO2/c1-4-17-10-11-20(24-15-18-8-6-5-7-9-18)19(12-17)13-21(23)22-14-16(2)3/h4-12,16H,1,13-15H2,2-3H3,(H,22,23). The normalized spacial score (nSPS) is 10.5. The summed E-state index contributed by atoms with van der Waals surface area (Å²) in [5.74, 6) is 1.18. The third-order valence-corrected chi connectivity index (χ3v) is 3.62. The first-order valence-electron chi connectivity index (χ1n) is 8.27. The molecule has 0 unspecified atom stereocenters. The maximum Gasteiger partial charge on any atom is 0.224 e. The highest BCUT2D eigenvalue weighted by Gasteiger charge is 2.10. The van der Waals surface area contributed by atoms with Crippen molar-refractivity contribution in [3.63, 3.8) is 0 Å². The van der Waals surface area contributed by atoms with E-state index in [4.69, 9.17) is 4.74 Å². The number of amides is 1. The Kier molecular flexibility index (Phi) is 6.62. The highest BCUT2D eigenvalue weighted by Crippen LogP contribution is 2.23. The monoisotopic (exact) mass is 323 g/mol. The smallest absolute Gasteiger partial charge is 0.224 e. The fourth-order valence-corrected chi connectivity index (χ4v) is 2.29. The number of nitrogens with one attached hydrogen (secondary N) is 1. The summed E-state index contributed by atoms with van der Waals surface area (Å²) in [6.07, 6.45) is 2.08. The third-order valence-electron chi connectivity index (χ3n) is 3.62. The molecule has 0 radical (unpaired) electrons. The van der Waals surface area contributed by atoms with Gasteiger partial charge in [0, 0.05) is 12.1 Å². The SMILES string of the molecule is C=Cc1ccc(OCc2ccccc2)c(CC(=O)NCC(C)C)c1. The number of carbonyl (C=O) groups excluding carboxylic acids is 1. The van der Waals surface area contributed by atoms with Crippen LogP contribution in [0, 0.1) is 5.92 Å². The van der Waals surface area contributed by atoms with Gasteiger partial charge in [-0.1, -0.05) is 62.9 Å². The quantitative estimate of drug-likeness (QED) is 0.790. The van der Waals surface area contributed by atoms with Gasteiger partial charge in [-0.3, -0.25) is 4.79 Å². The molecule has 0 saturated heterocycles. The Morgan fingerprint density at radius 2 is 1.96 bits per heavy atom. The van der Waals surface area contributed by atoms with Crippen LogP contribution in [0.25, 0.3) is 6.08 Å². The van der Waals surface area contributed by atoms with Crippen molar-refractivity contribution >= 4 is 12.0 Å². The van der Waals surface area contributed by atoms with Crippen LogP contribution in [0.1, 0.15) is 30.5 Å². The van der Waals surface area contributed by atoms with Gasteiger partial charge in [0.25, 0.3) is 0 Å². The zero-order valence-electron chi connectivity index (χ0n) is 14.4. The Morgan fingerprint density at radius 3 is 2.62 bits per heavy atom. The number of rotatable bonds is 8. The zero-order chi connectivity index (χ0) is 17.4. The second-order valence-electron chi connectivity index (χ2n) is 6.22. The molecule has 0 aromatic heterocycles. The molecule has 0 saturated carbocycles. The molecule has 1 amide bonds. The molecule has 1 N–H and O–H groups in total. The lowest BCUT2D eigenvalue weighted by Crippen LogP contribution is -2.28. The first-order chi connectivity index (χ1) is 11.6. The van der Waals surface area contributed by atoms with Gasteiger partial charge >= 0.3 is 0 Å². The van der Waals surface area contributed by atoms with E-state index >= 15 is 0 Å². The van der Waals surface area contributed by atoms with Crippen LogP contribution in [0.4, 0.5) is 0 Å². The molecular weight excluding hydrogens is 298 g/mol. The summed E-state index contributed by atoms with van der Waals surface area (Å²) in [4.78, 5) is 12.2. The van der Waals surface area contributed by atoms with Crippen molar-refractivity contribution in [2.45, 2.75) is 26.9 Å². The zero-order valence-corrected chi connectivity index (χ0v) is 14.4. The number of hydrogen-bond donors (Lipinski definition) is 1. The van der Waals surface area contributed by atoms with Crippen molar-refractivity contribution < 1.29 is 9.53 Å². The Morgan fingerprint density at radius 1 is 1.21 bits per heavy atom. The van der Waals surface area contributed by atoms with Gasteiger partial charge in [-0.2, -0.15) is 0 Å². The number of benzene rings is 2. The molecule has 0 spiro atoms. The van der Waals surface area contributed by atoms with Gasteiger partial charge in [-0.25, -0.2) is 0 Å². The molecule has 24 heavy (non-hydrogen) atoms. The summed E-state index contributed by atoms with van der Waals surface area (Å²) >= 11 is 0. The van der Waals surface area contributed by atoms with Crippen LogP contribution in [0.3, 0.4) is 0 Å². The minimum absolute atomic E-state index is 0.00877. The molecule has 3 nitrogen and oxygen atoms in total. The second-order valence-corrected chi connectivity index (χ2v) is 6.22. The minimum Gasteiger partial charge on any atom is -0.489 e. The molecule has 2 aromatic carbocycles. The highest BCUT2D eigenvalue weighted by molar-refractivity contribution is 5.79. The first kappa shape index (κ1) is 17.8. The fourth-order valence-electron chi connectivity index (χ4n) is 2.29. The maximum atomic E-state index is 12.2. The van der Waals surface area contributed by atoms with Crippen LogP contribution in [0.15, 0.2) is 55.1 Å². The second kappa shape index (κ2) is 8.92. The van der Waals surface area contributed by atoms with Crippen molar-refractivity contribution in [2.24, 2.45) is 5.92 Å². The molecule has 0 fully saturated rings. The van der Waals surface area contributed by atoms with Gasteiger partial charge in [0.15, 0.2) is 0 Å². The van der Waals surface area contributed by atoms with Gasteiger partial charge in [0.2, 0.25) is 5.91 Å². The van der Waals surface area contributed by atoms with Gasteiger partial charge in [0.05, 0.1) is 6.42 Å². The molecule has 0 bridgehead atoms. The third kappa shape index (κ3) is 5.58. The molecule has 0 aliphatic heterocycles. The van der Waals surface area contributed by atoms with Crippen LogP contribution in [0.5, 0.6) is 5.75 Å². The first-order valence-corrected chi connectivity index (χ1v) is 8.27. The lowest BCUT2D eigenvalue weighted by atomic mass is 10.1. The molecule has 126 valence electrons.